The molecule has 112 valence electrons. The van der Waals surface area contributed by atoms with E-state index in [9.17, 15) is 0 Å². The van der Waals surface area contributed by atoms with Crippen molar-refractivity contribution in [2.75, 3.05) is 5.43 Å². The lowest BCUT2D eigenvalue weighted by Gasteiger charge is -2.18. The molecule has 0 fully saturated rings. The fourth-order valence-corrected chi connectivity index (χ4v) is 2.97. The number of hydrazone groups is 1. The second-order valence-electron chi connectivity index (χ2n) is 6.23. The highest BCUT2D eigenvalue weighted by atomic mass is 32.1. The third-order valence-electron chi connectivity index (χ3n) is 3.44. The monoisotopic (exact) mass is 309 g/mol. The summed E-state index contributed by atoms with van der Waals surface area (Å²) < 4.78 is 1.16. The number of anilines is 1. The third kappa shape index (κ3) is 3.34. The van der Waals surface area contributed by atoms with Crippen LogP contribution in [0.5, 0.6) is 0 Å². The average Bonchev–Trinajstić information content (AvgIpc) is 2.89. The molecule has 0 unspecified atom stereocenters. The molecule has 0 radical (unpaired) electrons. The number of hydrogen-bond donors (Lipinski definition) is 1. The molecule has 1 heterocycles. The zero-order valence-electron chi connectivity index (χ0n) is 13.0. The Hall–Kier alpha value is -2.20. The van der Waals surface area contributed by atoms with Gasteiger partial charge in [0.2, 0.25) is 5.13 Å². The number of para-hydroxylation sites is 1. The molecular weight excluding hydrogens is 290 g/mol. The summed E-state index contributed by atoms with van der Waals surface area (Å²) in [6.45, 7) is 6.64. The van der Waals surface area contributed by atoms with Crippen LogP contribution in [0.3, 0.4) is 0 Å². The van der Waals surface area contributed by atoms with Crippen LogP contribution >= 0.6 is 11.3 Å². The minimum atomic E-state index is 0.176. The summed E-state index contributed by atoms with van der Waals surface area (Å²) in [7, 11) is 0. The van der Waals surface area contributed by atoms with Crippen molar-refractivity contribution in [2.45, 2.75) is 26.2 Å². The number of hydrogen-bond acceptors (Lipinski definition) is 4. The van der Waals surface area contributed by atoms with Crippen molar-refractivity contribution in [2.24, 2.45) is 5.10 Å². The molecule has 0 spiro atoms. The van der Waals surface area contributed by atoms with Gasteiger partial charge in [-0.25, -0.2) is 4.98 Å². The summed E-state index contributed by atoms with van der Waals surface area (Å²) >= 11 is 1.60. The van der Waals surface area contributed by atoms with Crippen LogP contribution in [0.25, 0.3) is 10.2 Å². The highest BCUT2D eigenvalue weighted by Gasteiger charge is 2.12. The van der Waals surface area contributed by atoms with Gasteiger partial charge in [-0.15, -0.1) is 0 Å². The molecule has 0 saturated heterocycles. The van der Waals surface area contributed by atoms with E-state index in [0.717, 1.165) is 20.9 Å². The Labute approximate surface area is 134 Å². The average molecular weight is 309 g/mol. The summed E-state index contributed by atoms with van der Waals surface area (Å²) in [6, 6.07) is 16.6. The van der Waals surface area contributed by atoms with Gasteiger partial charge < -0.3 is 0 Å². The fourth-order valence-electron chi connectivity index (χ4n) is 2.15. The summed E-state index contributed by atoms with van der Waals surface area (Å²) in [6.07, 6.45) is 1.82. The first-order chi connectivity index (χ1) is 10.5. The summed E-state index contributed by atoms with van der Waals surface area (Å²) in [5.41, 5.74) is 6.57. The number of nitrogens with one attached hydrogen (secondary N) is 1. The van der Waals surface area contributed by atoms with E-state index < -0.39 is 0 Å². The van der Waals surface area contributed by atoms with E-state index >= 15 is 0 Å². The lowest BCUT2D eigenvalue weighted by Crippen LogP contribution is -2.10. The largest absolute Gasteiger partial charge is 0.253 e. The smallest absolute Gasteiger partial charge is 0.204 e. The molecule has 3 rings (SSSR count). The molecular formula is C18H19N3S. The van der Waals surface area contributed by atoms with Crippen LogP contribution < -0.4 is 5.43 Å². The summed E-state index contributed by atoms with van der Waals surface area (Å²) in [5.74, 6) is 0. The Kier molecular flexibility index (Phi) is 3.94. The zero-order valence-corrected chi connectivity index (χ0v) is 13.8. The number of fused-ring (bicyclic) bond motifs is 1. The SMILES string of the molecule is CC(C)(C)c1ccc(/C=N/Nc2nc3ccccc3s2)cc1. The quantitative estimate of drug-likeness (QED) is 0.543. The molecule has 0 bridgehead atoms. The van der Waals surface area contributed by atoms with E-state index in [-0.39, 0.29) is 5.41 Å². The molecule has 0 amide bonds. The first-order valence-corrected chi connectivity index (χ1v) is 8.09. The van der Waals surface area contributed by atoms with Crippen molar-refractivity contribution >= 4 is 32.9 Å². The van der Waals surface area contributed by atoms with Crippen LogP contribution in [0.4, 0.5) is 5.13 Å². The number of nitrogens with zero attached hydrogens (tertiary/aromatic N) is 2. The molecule has 0 aliphatic heterocycles. The van der Waals surface area contributed by atoms with Crippen molar-refractivity contribution in [3.05, 3.63) is 59.7 Å². The molecule has 0 aliphatic carbocycles. The third-order valence-corrected chi connectivity index (χ3v) is 4.39. The van der Waals surface area contributed by atoms with Gasteiger partial charge in [0, 0.05) is 0 Å². The maximum absolute atomic E-state index is 4.48. The first kappa shape index (κ1) is 14.7. The zero-order chi connectivity index (χ0) is 15.6. The summed E-state index contributed by atoms with van der Waals surface area (Å²) in [4.78, 5) is 4.48. The van der Waals surface area contributed by atoms with Crippen molar-refractivity contribution in [3.63, 3.8) is 0 Å². The van der Waals surface area contributed by atoms with Gasteiger partial charge in [0.25, 0.3) is 0 Å². The Morgan fingerprint density at radius 3 is 2.45 bits per heavy atom. The Morgan fingerprint density at radius 1 is 1.05 bits per heavy atom. The summed E-state index contributed by atoms with van der Waals surface area (Å²) in [5, 5.41) is 5.08. The normalized spacial score (nSPS) is 12.1. The van der Waals surface area contributed by atoms with Gasteiger partial charge in [-0.1, -0.05) is 68.5 Å². The second-order valence-corrected chi connectivity index (χ2v) is 7.26. The van der Waals surface area contributed by atoms with E-state index in [1.54, 1.807) is 11.3 Å². The maximum atomic E-state index is 4.48. The second kappa shape index (κ2) is 5.89. The molecule has 2 aromatic carbocycles. The van der Waals surface area contributed by atoms with Crippen molar-refractivity contribution in [1.29, 1.82) is 0 Å². The molecule has 3 aromatic rings. The molecule has 3 nitrogen and oxygen atoms in total. The predicted molar refractivity (Wildman–Crippen MR) is 96.0 cm³/mol. The van der Waals surface area contributed by atoms with Crippen molar-refractivity contribution in [3.8, 4) is 0 Å². The minimum Gasteiger partial charge on any atom is -0.253 e. The molecule has 0 saturated carbocycles. The highest BCUT2D eigenvalue weighted by Crippen LogP contribution is 2.25. The Balaban J connectivity index is 1.69. The number of benzene rings is 2. The van der Waals surface area contributed by atoms with E-state index in [1.165, 1.54) is 5.56 Å². The Bertz CT molecular complexity index is 762. The van der Waals surface area contributed by atoms with Crippen LogP contribution in [0.15, 0.2) is 53.6 Å². The Morgan fingerprint density at radius 2 is 1.77 bits per heavy atom. The van der Waals surface area contributed by atoms with Crippen molar-refractivity contribution < 1.29 is 0 Å². The molecule has 1 N–H and O–H groups in total. The van der Waals surface area contributed by atoms with Gasteiger partial charge in [-0.3, -0.25) is 5.43 Å². The molecule has 1 aromatic heterocycles. The molecule has 0 aliphatic rings. The van der Waals surface area contributed by atoms with E-state index in [1.807, 2.05) is 24.4 Å². The van der Waals surface area contributed by atoms with Crippen LogP contribution in [0, 0.1) is 0 Å². The molecule has 22 heavy (non-hydrogen) atoms. The fraction of sp³-hybridized carbons (Fsp3) is 0.222. The van der Waals surface area contributed by atoms with Crippen LogP contribution in [0.2, 0.25) is 0 Å². The predicted octanol–water partition coefficient (Wildman–Crippen LogP) is 5.04. The standard InChI is InChI=1S/C18H19N3S/c1-18(2,3)14-10-8-13(9-11-14)12-19-21-17-20-15-6-4-5-7-16(15)22-17/h4-12H,1-3H3,(H,20,21)/b19-12+. The van der Waals surface area contributed by atoms with Gasteiger partial charge in [-0.05, 0) is 28.7 Å². The molecule has 0 atom stereocenters. The lowest BCUT2D eigenvalue weighted by molar-refractivity contribution is 0.590. The van der Waals surface area contributed by atoms with E-state index in [0.29, 0.717) is 0 Å². The van der Waals surface area contributed by atoms with Crippen LogP contribution in [-0.2, 0) is 5.41 Å². The number of aromatic nitrogens is 1. The minimum absolute atomic E-state index is 0.176. The van der Waals surface area contributed by atoms with Crippen LogP contribution in [-0.4, -0.2) is 11.2 Å². The highest BCUT2D eigenvalue weighted by molar-refractivity contribution is 7.22. The van der Waals surface area contributed by atoms with Crippen molar-refractivity contribution in [1.82, 2.24) is 4.98 Å². The first-order valence-electron chi connectivity index (χ1n) is 7.27. The van der Waals surface area contributed by atoms with Gasteiger partial charge in [0.05, 0.1) is 16.4 Å². The molecule has 4 heteroatoms. The van der Waals surface area contributed by atoms with E-state index in [2.05, 4.69) is 66.6 Å². The van der Waals surface area contributed by atoms with Gasteiger partial charge in [0.1, 0.15) is 0 Å². The lowest BCUT2D eigenvalue weighted by atomic mass is 9.87. The number of rotatable bonds is 3. The topological polar surface area (TPSA) is 37.3 Å². The maximum Gasteiger partial charge on any atom is 0.204 e. The van der Waals surface area contributed by atoms with Crippen LogP contribution in [0.1, 0.15) is 31.9 Å². The van der Waals surface area contributed by atoms with E-state index in [4.69, 9.17) is 0 Å². The van der Waals surface area contributed by atoms with Gasteiger partial charge in [-0.2, -0.15) is 5.10 Å². The number of thiazole rings is 1. The van der Waals surface area contributed by atoms with Gasteiger partial charge in [0.15, 0.2) is 0 Å². The van der Waals surface area contributed by atoms with Gasteiger partial charge >= 0.3 is 0 Å².